The van der Waals surface area contributed by atoms with Gasteiger partial charge in [0.2, 0.25) is 0 Å². The number of halogens is 1. The van der Waals surface area contributed by atoms with Gasteiger partial charge in [0, 0.05) is 28.3 Å². The molecule has 9 nitrogen and oxygen atoms in total. The minimum absolute atomic E-state index is 0.00944. The van der Waals surface area contributed by atoms with E-state index in [0.29, 0.717) is 17.9 Å². The predicted octanol–water partition coefficient (Wildman–Crippen LogP) is 4.30. The summed E-state index contributed by atoms with van der Waals surface area (Å²) >= 11 is 5.93. The van der Waals surface area contributed by atoms with E-state index in [9.17, 15) is 29.3 Å². The standard InChI is InChI=1S/C25H24ClN3O6/c1-14-3-12-20-21(13-14)25(33)28(24(20)32)27(15(2)22(30)16-4-8-18(26)9-5-16)23(31)17-6-10-19(11-7-17)29(34)35/h4-11,14-15,20-21H,3,12-13H2,1-2H3/t14-,15-,20+,21-/m1/s1. The number of carbonyl (C=O) groups is 4. The summed E-state index contributed by atoms with van der Waals surface area (Å²) in [4.78, 5) is 64.2. The number of fused-ring (bicyclic) bond motifs is 1. The van der Waals surface area contributed by atoms with E-state index in [1.54, 1.807) is 0 Å². The highest BCUT2D eigenvalue weighted by atomic mass is 35.5. The number of nitrogens with zero attached hydrogens (tertiary/aromatic N) is 3. The summed E-state index contributed by atoms with van der Waals surface area (Å²) in [7, 11) is 0. The monoisotopic (exact) mass is 497 g/mol. The zero-order valence-electron chi connectivity index (χ0n) is 19.2. The van der Waals surface area contributed by atoms with Crippen molar-refractivity contribution in [2.45, 2.75) is 39.2 Å². The molecule has 182 valence electrons. The smallest absolute Gasteiger partial charge is 0.273 e. The summed E-state index contributed by atoms with van der Waals surface area (Å²) < 4.78 is 0. The second kappa shape index (κ2) is 9.58. The molecule has 1 saturated heterocycles. The van der Waals surface area contributed by atoms with Gasteiger partial charge in [-0.2, -0.15) is 5.01 Å². The molecule has 0 spiro atoms. The second-order valence-electron chi connectivity index (χ2n) is 9.12. The number of ketones is 1. The summed E-state index contributed by atoms with van der Waals surface area (Å²) in [5.41, 5.74) is 0.0513. The van der Waals surface area contributed by atoms with Gasteiger partial charge in [0.25, 0.3) is 23.4 Å². The van der Waals surface area contributed by atoms with E-state index in [1.165, 1.54) is 43.3 Å². The molecule has 1 saturated carbocycles. The van der Waals surface area contributed by atoms with Crippen LogP contribution in [-0.4, -0.2) is 44.5 Å². The Balaban J connectivity index is 1.74. The average Bonchev–Trinajstić information content (AvgIpc) is 3.08. The summed E-state index contributed by atoms with van der Waals surface area (Å²) in [5.74, 6) is -3.08. The van der Waals surface area contributed by atoms with Gasteiger partial charge >= 0.3 is 0 Å². The average molecular weight is 498 g/mol. The number of amides is 3. The van der Waals surface area contributed by atoms with Crippen LogP contribution in [0.1, 0.15) is 53.8 Å². The number of nitro benzene ring substituents is 1. The van der Waals surface area contributed by atoms with E-state index in [1.807, 2.05) is 6.92 Å². The van der Waals surface area contributed by atoms with Gasteiger partial charge in [-0.05, 0) is 68.5 Å². The molecule has 0 aromatic heterocycles. The quantitative estimate of drug-likeness (QED) is 0.254. The van der Waals surface area contributed by atoms with Gasteiger partial charge in [0.15, 0.2) is 5.78 Å². The zero-order valence-corrected chi connectivity index (χ0v) is 20.0. The van der Waals surface area contributed by atoms with Gasteiger partial charge in [-0.3, -0.25) is 29.3 Å². The molecule has 1 aliphatic carbocycles. The minimum atomic E-state index is -1.20. The molecule has 2 fully saturated rings. The van der Waals surface area contributed by atoms with Crippen molar-refractivity contribution < 1.29 is 24.1 Å². The van der Waals surface area contributed by atoms with E-state index in [-0.39, 0.29) is 22.7 Å². The van der Waals surface area contributed by atoms with Crippen LogP contribution in [0.25, 0.3) is 0 Å². The number of hydrogen-bond acceptors (Lipinski definition) is 6. The van der Waals surface area contributed by atoms with Crippen molar-refractivity contribution in [3.8, 4) is 0 Å². The first-order valence-electron chi connectivity index (χ1n) is 11.4. The summed E-state index contributed by atoms with van der Waals surface area (Å²) in [6.07, 6.45) is 1.86. The Morgan fingerprint density at radius 3 is 2.17 bits per heavy atom. The Hall–Kier alpha value is -3.59. The summed E-state index contributed by atoms with van der Waals surface area (Å²) in [6, 6.07) is 9.68. The fourth-order valence-electron chi connectivity index (χ4n) is 4.85. The summed E-state index contributed by atoms with van der Waals surface area (Å²) in [6.45, 7) is 3.47. The summed E-state index contributed by atoms with van der Waals surface area (Å²) in [5, 5.41) is 13.2. The molecule has 0 radical (unpaired) electrons. The van der Waals surface area contributed by atoms with Crippen LogP contribution in [0.2, 0.25) is 5.02 Å². The van der Waals surface area contributed by atoms with E-state index in [2.05, 4.69) is 0 Å². The van der Waals surface area contributed by atoms with Crippen LogP contribution in [0, 0.1) is 27.9 Å². The maximum atomic E-state index is 13.6. The molecule has 4 rings (SSSR count). The number of nitro groups is 1. The lowest BCUT2D eigenvalue weighted by Gasteiger charge is -2.34. The van der Waals surface area contributed by atoms with E-state index in [4.69, 9.17) is 11.6 Å². The van der Waals surface area contributed by atoms with Crippen molar-refractivity contribution in [1.29, 1.82) is 0 Å². The molecule has 0 unspecified atom stereocenters. The SMILES string of the molecule is C[C@@H]1CC[C@@H]2C(=O)N(N(C(=O)c3ccc([N+](=O)[O-])cc3)[C@H](C)C(=O)c3ccc(Cl)cc3)C(=O)[C@@H]2C1. The molecule has 0 N–H and O–H groups in total. The third-order valence-electron chi connectivity index (χ3n) is 6.79. The van der Waals surface area contributed by atoms with Crippen molar-refractivity contribution in [3.63, 3.8) is 0 Å². The van der Waals surface area contributed by atoms with Crippen molar-refractivity contribution in [2.24, 2.45) is 17.8 Å². The maximum absolute atomic E-state index is 13.6. The van der Waals surface area contributed by atoms with Crippen LogP contribution in [0.3, 0.4) is 0 Å². The first kappa shape index (κ1) is 24.5. The lowest BCUT2D eigenvalue weighted by molar-refractivity contribution is -0.384. The highest BCUT2D eigenvalue weighted by Gasteiger charge is 2.54. The van der Waals surface area contributed by atoms with Crippen molar-refractivity contribution >= 4 is 40.8 Å². The van der Waals surface area contributed by atoms with Crippen molar-refractivity contribution in [3.05, 3.63) is 74.8 Å². The number of carbonyl (C=O) groups excluding carboxylic acids is 4. The Kier molecular flexibility index (Phi) is 6.71. The molecule has 35 heavy (non-hydrogen) atoms. The van der Waals surface area contributed by atoms with Gasteiger partial charge < -0.3 is 0 Å². The molecule has 2 aromatic carbocycles. The van der Waals surface area contributed by atoms with Gasteiger partial charge in [-0.1, -0.05) is 18.5 Å². The number of hydrazine groups is 1. The molecular formula is C25H24ClN3O6. The normalized spacial score (nSPS) is 22.5. The second-order valence-corrected chi connectivity index (χ2v) is 9.56. The lowest BCUT2D eigenvalue weighted by Crippen LogP contribution is -2.56. The highest BCUT2D eigenvalue weighted by molar-refractivity contribution is 6.30. The van der Waals surface area contributed by atoms with Crippen LogP contribution in [-0.2, 0) is 9.59 Å². The topological polar surface area (TPSA) is 118 Å². The van der Waals surface area contributed by atoms with Crippen LogP contribution in [0.5, 0.6) is 0 Å². The van der Waals surface area contributed by atoms with Crippen LogP contribution in [0.4, 0.5) is 5.69 Å². The number of non-ortho nitro benzene ring substituents is 1. The van der Waals surface area contributed by atoms with Gasteiger partial charge in [-0.25, -0.2) is 5.01 Å². The number of benzene rings is 2. The van der Waals surface area contributed by atoms with E-state index < -0.39 is 46.3 Å². The Labute approximate surface area is 206 Å². The zero-order chi connectivity index (χ0) is 25.4. The predicted molar refractivity (Wildman–Crippen MR) is 126 cm³/mol. The fraction of sp³-hybridized carbons (Fsp3) is 0.360. The minimum Gasteiger partial charge on any atom is -0.292 e. The fourth-order valence-corrected chi connectivity index (χ4v) is 4.97. The van der Waals surface area contributed by atoms with Gasteiger partial charge in [-0.15, -0.1) is 0 Å². The first-order valence-corrected chi connectivity index (χ1v) is 11.7. The van der Waals surface area contributed by atoms with Crippen LogP contribution >= 0.6 is 11.6 Å². The molecule has 2 aromatic rings. The lowest BCUT2D eigenvalue weighted by atomic mass is 9.76. The number of rotatable bonds is 6. The Bertz CT molecular complexity index is 1200. The van der Waals surface area contributed by atoms with Gasteiger partial charge in [0.05, 0.1) is 16.8 Å². The molecule has 3 amide bonds. The largest absolute Gasteiger partial charge is 0.292 e. The van der Waals surface area contributed by atoms with Gasteiger partial charge in [0.1, 0.15) is 6.04 Å². The maximum Gasteiger partial charge on any atom is 0.273 e. The Morgan fingerprint density at radius 1 is 1.00 bits per heavy atom. The molecule has 0 bridgehead atoms. The molecule has 10 heteroatoms. The third-order valence-corrected chi connectivity index (χ3v) is 7.04. The molecule has 4 atom stereocenters. The van der Waals surface area contributed by atoms with Crippen LogP contribution in [0.15, 0.2) is 48.5 Å². The number of hydrogen-bond donors (Lipinski definition) is 0. The van der Waals surface area contributed by atoms with Crippen molar-refractivity contribution in [2.75, 3.05) is 0 Å². The molecule has 1 aliphatic heterocycles. The first-order chi connectivity index (χ1) is 16.6. The van der Waals surface area contributed by atoms with E-state index >= 15 is 0 Å². The van der Waals surface area contributed by atoms with Crippen molar-refractivity contribution in [1.82, 2.24) is 10.0 Å². The molecular weight excluding hydrogens is 474 g/mol. The highest BCUT2D eigenvalue weighted by Crippen LogP contribution is 2.41. The molecule has 1 heterocycles. The number of Topliss-reactive ketones (excluding diaryl/α,β-unsaturated/α-hetero) is 1. The van der Waals surface area contributed by atoms with E-state index in [0.717, 1.165) is 28.6 Å². The number of imide groups is 1. The molecule has 2 aliphatic rings. The van der Waals surface area contributed by atoms with Crippen LogP contribution < -0.4 is 0 Å². The Morgan fingerprint density at radius 2 is 1.57 bits per heavy atom. The third kappa shape index (κ3) is 4.55.